The fourth-order valence-electron chi connectivity index (χ4n) is 2.60. The minimum Gasteiger partial charge on any atom is -0.397 e. The highest BCUT2D eigenvalue weighted by Gasteiger charge is 2.17. The van der Waals surface area contributed by atoms with Crippen molar-refractivity contribution < 1.29 is 4.79 Å². The van der Waals surface area contributed by atoms with Gasteiger partial charge in [0.25, 0.3) is 5.91 Å². The summed E-state index contributed by atoms with van der Waals surface area (Å²) in [5, 5.41) is 7.46. The number of rotatable bonds is 5. The Morgan fingerprint density at radius 3 is 2.70 bits per heavy atom. The van der Waals surface area contributed by atoms with Crippen LogP contribution in [0.3, 0.4) is 0 Å². The Morgan fingerprint density at radius 2 is 2.05 bits per heavy atom. The molecule has 0 aliphatic heterocycles. The maximum atomic E-state index is 12.0. The lowest BCUT2D eigenvalue weighted by Crippen LogP contribution is -2.23. The number of carbonyl (C=O) groups excluding carboxylic acids is 1. The van der Waals surface area contributed by atoms with E-state index in [1.54, 1.807) is 0 Å². The van der Waals surface area contributed by atoms with Crippen LogP contribution in [0.5, 0.6) is 0 Å². The summed E-state index contributed by atoms with van der Waals surface area (Å²) >= 11 is 1.47. The van der Waals surface area contributed by atoms with Crippen LogP contribution in [0, 0.1) is 0 Å². The lowest BCUT2D eigenvalue weighted by Gasteiger charge is -2.15. The largest absolute Gasteiger partial charge is 0.397 e. The molecule has 0 saturated heterocycles. The lowest BCUT2D eigenvalue weighted by atomic mass is 10.1. The third-order valence-corrected chi connectivity index (χ3v) is 4.78. The molecule has 112 valence electrons. The third kappa shape index (κ3) is 4.13. The van der Waals surface area contributed by atoms with Crippen molar-refractivity contribution in [1.82, 2.24) is 5.32 Å². The fraction of sp³-hybridized carbons (Fsp3) is 0.667. The summed E-state index contributed by atoms with van der Waals surface area (Å²) in [6.07, 6.45) is 8.64. The molecule has 1 heterocycles. The van der Waals surface area contributed by atoms with Crippen LogP contribution in [-0.2, 0) is 0 Å². The maximum absolute atomic E-state index is 12.0. The Hall–Kier alpha value is -1.23. The number of carbonyl (C=O) groups is 1. The smallest absolute Gasteiger partial charge is 0.263 e. The number of nitrogen functional groups attached to an aromatic ring is 1. The van der Waals surface area contributed by atoms with E-state index >= 15 is 0 Å². The molecule has 1 aromatic rings. The molecular formula is C15H25N3OS. The van der Waals surface area contributed by atoms with E-state index in [1.807, 2.05) is 13.0 Å². The number of nitrogens with two attached hydrogens (primary N) is 1. The van der Waals surface area contributed by atoms with Gasteiger partial charge in [-0.3, -0.25) is 4.79 Å². The first kappa shape index (κ1) is 15.2. The average molecular weight is 295 g/mol. The van der Waals surface area contributed by atoms with Gasteiger partial charge in [0.2, 0.25) is 0 Å². The van der Waals surface area contributed by atoms with Gasteiger partial charge in [0.15, 0.2) is 0 Å². The predicted octanol–water partition coefficient (Wildman–Crippen LogP) is 3.60. The molecule has 0 bridgehead atoms. The summed E-state index contributed by atoms with van der Waals surface area (Å²) in [6.45, 7) is 2.73. The molecule has 0 unspecified atom stereocenters. The highest BCUT2D eigenvalue weighted by atomic mass is 32.1. The first-order valence-corrected chi connectivity index (χ1v) is 8.46. The van der Waals surface area contributed by atoms with Gasteiger partial charge in [0.05, 0.1) is 10.7 Å². The zero-order valence-electron chi connectivity index (χ0n) is 12.2. The molecule has 1 aliphatic rings. The topological polar surface area (TPSA) is 67.2 Å². The quantitative estimate of drug-likeness (QED) is 0.727. The number of anilines is 2. The maximum Gasteiger partial charge on any atom is 0.263 e. The summed E-state index contributed by atoms with van der Waals surface area (Å²) in [5.41, 5.74) is 6.54. The SMILES string of the molecule is CCCNC(=O)c1sc(NC2CCCCCC2)cc1N. The number of hydrogen-bond donors (Lipinski definition) is 3. The van der Waals surface area contributed by atoms with Gasteiger partial charge in [-0.15, -0.1) is 11.3 Å². The van der Waals surface area contributed by atoms with Gasteiger partial charge >= 0.3 is 0 Å². The Kier molecular flexibility index (Phi) is 5.71. The van der Waals surface area contributed by atoms with Gasteiger partial charge in [-0.2, -0.15) is 0 Å². The van der Waals surface area contributed by atoms with E-state index in [2.05, 4.69) is 10.6 Å². The van der Waals surface area contributed by atoms with Gasteiger partial charge in [-0.25, -0.2) is 0 Å². The molecule has 0 atom stereocenters. The van der Waals surface area contributed by atoms with E-state index in [1.165, 1.54) is 49.9 Å². The fourth-order valence-corrected chi connectivity index (χ4v) is 3.57. The molecule has 0 radical (unpaired) electrons. The van der Waals surface area contributed by atoms with Crippen LogP contribution in [0.25, 0.3) is 0 Å². The van der Waals surface area contributed by atoms with E-state index in [4.69, 9.17) is 5.73 Å². The predicted molar refractivity (Wildman–Crippen MR) is 86.5 cm³/mol. The lowest BCUT2D eigenvalue weighted by molar-refractivity contribution is 0.0958. The summed E-state index contributed by atoms with van der Waals surface area (Å²) in [6, 6.07) is 2.43. The zero-order valence-corrected chi connectivity index (χ0v) is 13.0. The van der Waals surface area contributed by atoms with Crippen molar-refractivity contribution >= 4 is 27.9 Å². The Labute approximate surface area is 125 Å². The van der Waals surface area contributed by atoms with Crippen molar-refractivity contribution in [1.29, 1.82) is 0 Å². The van der Waals surface area contributed by atoms with Crippen molar-refractivity contribution in [3.8, 4) is 0 Å². The van der Waals surface area contributed by atoms with Crippen LogP contribution >= 0.6 is 11.3 Å². The van der Waals surface area contributed by atoms with Gasteiger partial charge < -0.3 is 16.4 Å². The van der Waals surface area contributed by atoms with Crippen LogP contribution in [0.2, 0.25) is 0 Å². The molecule has 5 heteroatoms. The summed E-state index contributed by atoms with van der Waals surface area (Å²) in [4.78, 5) is 12.6. The molecule has 20 heavy (non-hydrogen) atoms. The van der Waals surface area contributed by atoms with Gasteiger partial charge in [-0.05, 0) is 25.3 Å². The molecule has 2 rings (SSSR count). The summed E-state index contributed by atoms with van der Waals surface area (Å²) in [5.74, 6) is -0.0525. The zero-order chi connectivity index (χ0) is 14.4. The number of amides is 1. The van der Waals surface area contributed by atoms with E-state index < -0.39 is 0 Å². The molecule has 1 amide bonds. The van der Waals surface area contributed by atoms with Crippen LogP contribution in [0.1, 0.15) is 61.5 Å². The van der Waals surface area contributed by atoms with E-state index in [0.29, 0.717) is 23.2 Å². The first-order valence-electron chi connectivity index (χ1n) is 7.64. The van der Waals surface area contributed by atoms with E-state index in [0.717, 1.165) is 11.4 Å². The minimum absolute atomic E-state index is 0.0525. The monoisotopic (exact) mass is 295 g/mol. The Bertz CT molecular complexity index is 436. The standard InChI is InChI=1S/C15H25N3OS/c1-2-9-17-15(19)14-12(16)10-13(20-14)18-11-7-5-3-4-6-8-11/h10-11,18H,2-9,16H2,1H3,(H,17,19). The second-order valence-electron chi connectivity index (χ2n) is 5.48. The van der Waals surface area contributed by atoms with Crippen molar-refractivity contribution in [2.45, 2.75) is 57.9 Å². The van der Waals surface area contributed by atoms with Crippen LogP contribution in [-0.4, -0.2) is 18.5 Å². The average Bonchev–Trinajstić information content (AvgIpc) is 2.64. The first-order chi connectivity index (χ1) is 9.70. The number of nitrogens with one attached hydrogen (secondary N) is 2. The second-order valence-corrected chi connectivity index (χ2v) is 6.54. The molecule has 0 aromatic carbocycles. The summed E-state index contributed by atoms with van der Waals surface area (Å²) in [7, 11) is 0. The van der Waals surface area contributed by atoms with Crippen molar-refractivity contribution in [2.24, 2.45) is 0 Å². The number of hydrogen-bond acceptors (Lipinski definition) is 4. The van der Waals surface area contributed by atoms with E-state index in [-0.39, 0.29) is 5.91 Å². The van der Waals surface area contributed by atoms with Gasteiger partial charge in [0, 0.05) is 12.6 Å². The van der Waals surface area contributed by atoms with Gasteiger partial charge in [-0.1, -0.05) is 32.6 Å². The Morgan fingerprint density at radius 1 is 1.35 bits per heavy atom. The molecular weight excluding hydrogens is 270 g/mol. The highest BCUT2D eigenvalue weighted by molar-refractivity contribution is 7.18. The van der Waals surface area contributed by atoms with Crippen LogP contribution in [0.4, 0.5) is 10.7 Å². The molecule has 1 aliphatic carbocycles. The third-order valence-electron chi connectivity index (χ3n) is 3.70. The molecule has 1 aromatic heterocycles. The highest BCUT2D eigenvalue weighted by Crippen LogP contribution is 2.31. The molecule has 4 nitrogen and oxygen atoms in total. The van der Waals surface area contributed by atoms with Crippen molar-refractivity contribution in [2.75, 3.05) is 17.6 Å². The molecule has 4 N–H and O–H groups in total. The van der Waals surface area contributed by atoms with E-state index in [9.17, 15) is 4.79 Å². The normalized spacial score (nSPS) is 16.6. The summed E-state index contributed by atoms with van der Waals surface area (Å²) < 4.78 is 0. The van der Waals surface area contributed by atoms with Crippen molar-refractivity contribution in [3.63, 3.8) is 0 Å². The minimum atomic E-state index is -0.0525. The van der Waals surface area contributed by atoms with Gasteiger partial charge in [0.1, 0.15) is 4.88 Å². The molecule has 0 spiro atoms. The molecule has 1 saturated carbocycles. The van der Waals surface area contributed by atoms with Crippen LogP contribution in [0.15, 0.2) is 6.07 Å². The Balaban J connectivity index is 1.97. The second kappa shape index (κ2) is 7.53. The molecule has 1 fully saturated rings. The van der Waals surface area contributed by atoms with Crippen molar-refractivity contribution in [3.05, 3.63) is 10.9 Å². The number of thiophene rings is 1. The van der Waals surface area contributed by atoms with Crippen LogP contribution < -0.4 is 16.4 Å².